The summed E-state index contributed by atoms with van der Waals surface area (Å²) in [5, 5.41) is 4.95. The lowest BCUT2D eigenvalue weighted by molar-refractivity contribution is -0.438. The molecule has 0 unspecified atom stereocenters. The van der Waals surface area contributed by atoms with Crippen molar-refractivity contribution in [1.82, 2.24) is 0 Å². The number of fused-ring (bicyclic) bond motifs is 7. The van der Waals surface area contributed by atoms with Gasteiger partial charge in [-0.05, 0) is 114 Å². The minimum absolute atomic E-state index is 0.251. The highest BCUT2D eigenvalue weighted by Crippen LogP contribution is 2.52. The zero-order chi connectivity index (χ0) is 43.9. The maximum atomic E-state index is 11.7. The van der Waals surface area contributed by atoms with Gasteiger partial charge < -0.3 is 9.64 Å². The molecule has 3 aliphatic rings. The zero-order valence-electron chi connectivity index (χ0n) is 37.1. The largest absolute Gasteiger partial charge is 0.456 e. The Balaban J connectivity index is 1.20. The van der Waals surface area contributed by atoms with Crippen LogP contribution in [-0.4, -0.2) is 42.1 Å². The second-order valence-electron chi connectivity index (χ2n) is 18.2. The number of ether oxygens (including phenoxy) is 1. The summed E-state index contributed by atoms with van der Waals surface area (Å²) in [5.74, 6) is 1.30. The van der Waals surface area contributed by atoms with E-state index in [1.54, 1.807) is 0 Å². The topological polar surface area (TPSA) is 69.8 Å². The number of anilines is 1. The molecule has 2 heterocycles. The smallest absolute Gasteiger partial charge is 0.264 e. The van der Waals surface area contributed by atoms with Crippen LogP contribution in [0.2, 0.25) is 0 Å². The standard InChI is InChI=1S/C56H56N2O4S/c1-6-7-17-36-57-48-32-28-39-20-11-13-24-42(39)52(48)55(2,3)50(57)34-30-46-44-26-15-16-27-45(44)47(54(46)62-41-22-9-8-10-23-41)31-35-51-56(4,5)53-43-25-14-12-21-40(43)29-33-49(53)58(51)37-18-19-38-63(59,60)61/h8-16,20-35H,6-7,17-19,36-38H2,1-5H3/p+1. The molecule has 320 valence electrons. The summed E-state index contributed by atoms with van der Waals surface area (Å²) in [6, 6.07) is 44.9. The van der Waals surface area contributed by atoms with E-state index in [2.05, 4.69) is 165 Å². The van der Waals surface area contributed by atoms with E-state index in [0.29, 0.717) is 19.4 Å². The van der Waals surface area contributed by atoms with Crippen LogP contribution in [0, 0.1) is 0 Å². The van der Waals surface area contributed by atoms with Crippen molar-refractivity contribution in [1.29, 1.82) is 0 Å². The first-order valence-corrected chi connectivity index (χ1v) is 24.1. The maximum Gasteiger partial charge on any atom is 0.264 e. The third-order valence-electron chi connectivity index (χ3n) is 13.3. The first-order valence-electron chi connectivity index (χ1n) is 22.5. The third kappa shape index (κ3) is 7.87. The number of unbranched alkanes of at least 4 members (excludes halogenated alkanes) is 3. The van der Waals surface area contributed by atoms with Gasteiger partial charge in [0.2, 0.25) is 5.69 Å². The first-order chi connectivity index (χ1) is 30.4. The molecule has 1 N–H and O–H groups in total. The van der Waals surface area contributed by atoms with Crippen molar-refractivity contribution in [3.05, 3.63) is 185 Å². The van der Waals surface area contributed by atoms with E-state index in [0.717, 1.165) is 64.6 Å². The van der Waals surface area contributed by atoms with Gasteiger partial charge in [0.25, 0.3) is 10.1 Å². The molecule has 0 atom stereocenters. The van der Waals surface area contributed by atoms with Crippen molar-refractivity contribution in [2.45, 2.75) is 77.6 Å². The van der Waals surface area contributed by atoms with Crippen molar-refractivity contribution in [3.8, 4) is 5.75 Å². The van der Waals surface area contributed by atoms with Crippen LogP contribution in [0.25, 0.3) is 32.7 Å². The van der Waals surface area contributed by atoms with E-state index in [-0.39, 0.29) is 16.6 Å². The average Bonchev–Trinajstić information content (AvgIpc) is 3.78. The molecule has 0 aromatic heterocycles. The molecular formula is C56H57N2O4S+. The van der Waals surface area contributed by atoms with Crippen LogP contribution in [0.15, 0.2) is 163 Å². The van der Waals surface area contributed by atoms with Crippen LogP contribution in [0.1, 0.15) is 89.0 Å². The number of hydrogen-bond acceptors (Lipinski definition) is 4. The predicted octanol–water partition coefficient (Wildman–Crippen LogP) is 13.4. The number of para-hydroxylation sites is 1. The summed E-state index contributed by atoms with van der Waals surface area (Å²) < 4.78 is 42.5. The van der Waals surface area contributed by atoms with Crippen LogP contribution >= 0.6 is 0 Å². The number of hydrogen-bond donors (Lipinski definition) is 1. The van der Waals surface area contributed by atoms with E-state index in [4.69, 9.17) is 4.74 Å². The van der Waals surface area contributed by atoms with Gasteiger partial charge in [0.1, 0.15) is 18.1 Å². The van der Waals surface area contributed by atoms with Gasteiger partial charge in [0.15, 0.2) is 5.71 Å². The molecule has 0 radical (unpaired) electrons. The molecule has 0 amide bonds. The highest BCUT2D eigenvalue weighted by atomic mass is 32.2. The fourth-order valence-electron chi connectivity index (χ4n) is 10.3. The van der Waals surface area contributed by atoms with Crippen molar-refractivity contribution < 1.29 is 22.3 Å². The number of rotatable bonds is 14. The van der Waals surface area contributed by atoms with Crippen LogP contribution in [0.5, 0.6) is 5.75 Å². The molecule has 0 saturated carbocycles. The van der Waals surface area contributed by atoms with Crippen LogP contribution in [0.3, 0.4) is 0 Å². The lowest BCUT2D eigenvalue weighted by Gasteiger charge is -2.27. The molecule has 1 aliphatic carbocycles. The minimum atomic E-state index is -4.05. The molecule has 9 rings (SSSR count). The lowest BCUT2D eigenvalue weighted by atomic mass is 9.79. The monoisotopic (exact) mass is 853 g/mol. The molecular weight excluding hydrogens is 797 g/mol. The van der Waals surface area contributed by atoms with Crippen molar-refractivity contribution in [2.24, 2.45) is 0 Å². The van der Waals surface area contributed by atoms with Crippen LogP contribution in [0.4, 0.5) is 11.4 Å². The van der Waals surface area contributed by atoms with Crippen molar-refractivity contribution >= 4 is 59.9 Å². The highest BCUT2D eigenvalue weighted by Gasteiger charge is 2.46. The molecule has 63 heavy (non-hydrogen) atoms. The predicted molar refractivity (Wildman–Crippen MR) is 262 cm³/mol. The lowest BCUT2D eigenvalue weighted by Crippen LogP contribution is -2.28. The molecule has 0 saturated heterocycles. The fourth-order valence-corrected chi connectivity index (χ4v) is 10.9. The Labute approximate surface area is 373 Å². The van der Waals surface area contributed by atoms with Gasteiger partial charge in [-0.1, -0.05) is 124 Å². The third-order valence-corrected chi connectivity index (χ3v) is 14.1. The SMILES string of the molecule is CCCCC[N+]1=C(/C=C/C2=C(Oc3ccccc3)C(=C/C=C3/N(CCCCS(=O)(=O)O)c4ccc5ccccc5c4C3(C)C)/c3ccccc32)C(C)(C)c2c1ccc1ccccc21. The summed E-state index contributed by atoms with van der Waals surface area (Å²) in [6.45, 7) is 13.1. The Bertz CT molecular complexity index is 3020. The van der Waals surface area contributed by atoms with Gasteiger partial charge in [-0.15, -0.1) is 0 Å². The quantitative estimate of drug-likeness (QED) is 0.0671. The molecule has 0 bridgehead atoms. The van der Waals surface area contributed by atoms with E-state index in [1.165, 1.54) is 50.5 Å². The number of benzene rings is 6. The zero-order valence-corrected chi connectivity index (χ0v) is 37.9. The van der Waals surface area contributed by atoms with Crippen LogP contribution in [-0.2, 0) is 20.9 Å². The van der Waals surface area contributed by atoms with Crippen molar-refractivity contribution in [3.63, 3.8) is 0 Å². The highest BCUT2D eigenvalue weighted by molar-refractivity contribution is 7.85. The van der Waals surface area contributed by atoms with E-state index >= 15 is 0 Å². The molecule has 6 nitrogen and oxygen atoms in total. The average molecular weight is 854 g/mol. The summed E-state index contributed by atoms with van der Waals surface area (Å²) >= 11 is 0. The fraction of sp³-hybridized carbons (Fsp3) is 0.268. The van der Waals surface area contributed by atoms with Gasteiger partial charge in [-0.2, -0.15) is 13.0 Å². The molecule has 6 aromatic rings. The summed E-state index contributed by atoms with van der Waals surface area (Å²) in [4.78, 5) is 2.35. The second-order valence-corrected chi connectivity index (χ2v) is 19.7. The number of allylic oxidation sites excluding steroid dienone is 7. The normalized spacial score (nSPS) is 17.8. The molecule has 0 fully saturated rings. The van der Waals surface area contributed by atoms with Gasteiger partial charge in [-0.3, -0.25) is 4.55 Å². The maximum absolute atomic E-state index is 11.7. The minimum Gasteiger partial charge on any atom is -0.456 e. The van der Waals surface area contributed by atoms with Gasteiger partial charge >= 0.3 is 0 Å². The Morgan fingerprint density at radius 3 is 2.03 bits per heavy atom. The Morgan fingerprint density at radius 2 is 1.32 bits per heavy atom. The van der Waals surface area contributed by atoms with Gasteiger partial charge in [0.05, 0.1) is 11.2 Å². The molecule has 0 spiro atoms. The second kappa shape index (κ2) is 16.9. The number of nitrogens with zero attached hydrogens (tertiary/aromatic N) is 2. The van der Waals surface area contributed by atoms with E-state index < -0.39 is 10.1 Å². The summed E-state index contributed by atoms with van der Waals surface area (Å²) in [6.07, 6.45) is 13.5. The van der Waals surface area contributed by atoms with Gasteiger partial charge in [-0.25, -0.2) is 0 Å². The van der Waals surface area contributed by atoms with Crippen molar-refractivity contribution in [2.75, 3.05) is 23.7 Å². The van der Waals surface area contributed by atoms with E-state index in [1.807, 2.05) is 30.3 Å². The Hall–Kier alpha value is -6.02. The van der Waals surface area contributed by atoms with Gasteiger partial charge in [0, 0.05) is 58.6 Å². The Kier molecular flexibility index (Phi) is 11.4. The Morgan fingerprint density at radius 1 is 0.667 bits per heavy atom. The summed E-state index contributed by atoms with van der Waals surface area (Å²) in [7, 11) is -4.05. The molecule has 2 aliphatic heterocycles. The first kappa shape index (κ1) is 42.3. The molecule has 6 aromatic carbocycles. The van der Waals surface area contributed by atoms with E-state index in [9.17, 15) is 13.0 Å². The summed E-state index contributed by atoms with van der Waals surface area (Å²) in [5.41, 5.74) is 11.0. The molecule has 7 heteroatoms. The van der Waals surface area contributed by atoms with Crippen LogP contribution < -0.4 is 9.64 Å².